The Hall–Kier alpha value is -1.99. The molecule has 2 saturated heterocycles. The van der Waals surface area contributed by atoms with E-state index >= 15 is 0 Å². The van der Waals surface area contributed by atoms with Crippen LogP contribution in [0.15, 0.2) is 24.3 Å². The molecular formula is C19H25FN2O4. The van der Waals surface area contributed by atoms with E-state index in [-0.39, 0.29) is 37.1 Å². The highest BCUT2D eigenvalue weighted by Gasteiger charge is 2.49. The number of hydrogen-bond acceptors (Lipinski definition) is 4. The quantitative estimate of drug-likeness (QED) is 0.813. The summed E-state index contributed by atoms with van der Waals surface area (Å²) in [5.74, 6) is -0.329. The summed E-state index contributed by atoms with van der Waals surface area (Å²) in [4.78, 5) is 26.1. The summed E-state index contributed by atoms with van der Waals surface area (Å²) >= 11 is 0. The van der Waals surface area contributed by atoms with Crippen molar-refractivity contribution < 1.29 is 23.8 Å². The molecular weight excluding hydrogens is 339 g/mol. The molecule has 2 amide bonds. The molecule has 3 atom stereocenters. The van der Waals surface area contributed by atoms with Gasteiger partial charge >= 0.3 is 0 Å². The first-order valence-corrected chi connectivity index (χ1v) is 8.93. The second kappa shape index (κ2) is 7.32. The molecule has 142 valence electrons. The Morgan fingerprint density at radius 2 is 2.04 bits per heavy atom. The molecule has 2 N–H and O–H groups in total. The van der Waals surface area contributed by atoms with Crippen molar-refractivity contribution in [2.24, 2.45) is 5.92 Å². The fourth-order valence-electron chi connectivity index (χ4n) is 3.42. The molecule has 2 fully saturated rings. The van der Waals surface area contributed by atoms with Gasteiger partial charge in [0.05, 0.1) is 32.2 Å². The van der Waals surface area contributed by atoms with Crippen LogP contribution >= 0.6 is 0 Å². The first-order chi connectivity index (χ1) is 12.3. The van der Waals surface area contributed by atoms with Crippen molar-refractivity contribution in [2.45, 2.75) is 44.4 Å². The molecule has 2 heterocycles. The third kappa shape index (κ3) is 4.04. The van der Waals surface area contributed by atoms with E-state index in [1.807, 2.05) is 6.92 Å². The molecule has 0 aromatic heterocycles. The molecule has 2 aliphatic heterocycles. The number of carbonyl (C=O) groups is 2. The standard InChI is InChI=1S/C19H25FN2O4/c1-12-7-16(26-9-12)18(24)22-10-19(25,11-22)13(2)21-17(23)8-14-3-5-15(20)6-4-14/h3-6,12-13,16,25H,7-11H2,1-2H3,(H,21,23). The van der Waals surface area contributed by atoms with Crippen molar-refractivity contribution in [2.75, 3.05) is 19.7 Å². The van der Waals surface area contributed by atoms with Gasteiger partial charge in [0.2, 0.25) is 5.91 Å². The average Bonchev–Trinajstić information content (AvgIpc) is 2.99. The molecule has 3 rings (SSSR count). The minimum atomic E-state index is -1.14. The highest BCUT2D eigenvalue weighted by atomic mass is 19.1. The summed E-state index contributed by atoms with van der Waals surface area (Å²) in [6, 6.07) is 5.23. The molecule has 0 radical (unpaired) electrons. The number of halogens is 1. The Balaban J connectivity index is 1.47. The van der Waals surface area contributed by atoms with Crippen molar-refractivity contribution in [3.05, 3.63) is 35.6 Å². The van der Waals surface area contributed by atoms with Gasteiger partial charge in [0.15, 0.2) is 0 Å². The van der Waals surface area contributed by atoms with E-state index < -0.39 is 17.7 Å². The Bertz CT molecular complexity index is 673. The number of carbonyl (C=O) groups excluding carboxylic acids is 2. The summed E-state index contributed by atoms with van der Waals surface area (Å²) in [5.41, 5.74) is -0.445. The molecule has 7 heteroatoms. The van der Waals surface area contributed by atoms with E-state index in [4.69, 9.17) is 4.74 Å². The zero-order chi connectivity index (χ0) is 18.9. The lowest BCUT2D eigenvalue weighted by Crippen LogP contribution is -2.72. The van der Waals surface area contributed by atoms with Gasteiger partial charge in [-0.15, -0.1) is 0 Å². The van der Waals surface area contributed by atoms with Gasteiger partial charge in [-0.05, 0) is 37.0 Å². The molecule has 2 aliphatic rings. The van der Waals surface area contributed by atoms with Crippen LogP contribution in [0.25, 0.3) is 0 Å². The molecule has 1 aromatic carbocycles. The van der Waals surface area contributed by atoms with Crippen LogP contribution in [-0.4, -0.2) is 59.3 Å². The van der Waals surface area contributed by atoms with E-state index in [1.165, 1.54) is 12.1 Å². The predicted molar refractivity (Wildman–Crippen MR) is 92.8 cm³/mol. The Kier molecular flexibility index (Phi) is 5.29. The van der Waals surface area contributed by atoms with Crippen molar-refractivity contribution >= 4 is 11.8 Å². The van der Waals surface area contributed by atoms with E-state index in [9.17, 15) is 19.1 Å². The predicted octanol–water partition coefficient (Wildman–Crippen LogP) is 0.871. The fraction of sp³-hybridized carbons (Fsp3) is 0.579. The van der Waals surface area contributed by atoms with Crippen molar-refractivity contribution in [1.82, 2.24) is 10.2 Å². The van der Waals surface area contributed by atoms with Crippen LogP contribution < -0.4 is 5.32 Å². The van der Waals surface area contributed by atoms with Gasteiger partial charge in [-0.3, -0.25) is 9.59 Å². The van der Waals surface area contributed by atoms with Gasteiger partial charge in [-0.2, -0.15) is 0 Å². The van der Waals surface area contributed by atoms with E-state index in [0.29, 0.717) is 24.5 Å². The zero-order valence-corrected chi connectivity index (χ0v) is 15.1. The van der Waals surface area contributed by atoms with Crippen LogP contribution in [0.3, 0.4) is 0 Å². The van der Waals surface area contributed by atoms with Gasteiger partial charge in [0, 0.05) is 0 Å². The maximum absolute atomic E-state index is 12.9. The van der Waals surface area contributed by atoms with E-state index in [0.717, 1.165) is 0 Å². The molecule has 6 nitrogen and oxygen atoms in total. The number of rotatable bonds is 5. The first-order valence-electron chi connectivity index (χ1n) is 8.93. The lowest BCUT2D eigenvalue weighted by Gasteiger charge is -2.50. The molecule has 26 heavy (non-hydrogen) atoms. The minimum absolute atomic E-state index is 0.0936. The normalized spacial score (nSPS) is 25.5. The number of likely N-dealkylation sites (tertiary alicyclic amines) is 1. The SMILES string of the molecule is CC1COC(C(=O)N2CC(O)(C(C)NC(=O)Cc3ccc(F)cc3)C2)C1. The van der Waals surface area contributed by atoms with Crippen LogP contribution in [-0.2, 0) is 20.7 Å². The highest BCUT2D eigenvalue weighted by Crippen LogP contribution is 2.28. The van der Waals surface area contributed by atoms with Crippen LogP contribution in [0.4, 0.5) is 4.39 Å². The smallest absolute Gasteiger partial charge is 0.251 e. The van der Waals surface area contributed by atoms with E-state index in [1.54, 1.807) is 24.0 Å². The summed E-state index contributed by atoms with van der Waals surface area (Å²) in [6.45, 7) is 4.71. The minimum Gasteiger partial charge on any atom is -0.384 e. The summed E-state index contributed by atoms with van der Waals surface area (Å²) in [6.07, 6.45) is 0.396. The maximum atomic E-state index is 12.9. The van der Waals surface area contributed by atoms with Crippen LogP contribution in [0.1, 0.15) is 25.8 Å². The van der Waals surface area contributed by atoms with Gasteiger partial charge in [0.1, 0.15) is 17.5 Å². The van der Waals surface area contributed by atoms with Crippen molar-refractivity contribution in [3.63, 3.8) is 0 Å². The van der Waals surface area contributed by atoms with Crippen molar-refractivity contribution in [1.29, 1.82) is 0 Å². The molecule has 0 aliphatic carbocycles. The number of amides is 2. The zero-order valence-electron chi connectivity index (χ0n) is 15.1. The van der Waals surface area contributed by atoms with Crippen LogP contribution in [0, 0.1) is 11.7 Å². The second-order valence-electron chi connectivity index (χ2n) is 7.55. The monoisotopic (exact) mass is 364 g/mol. The van der Waals surface area contributed by atoms with Gasteiger partial charge in [-0.25, -0.2) is 4.39 Å². The largest absolute Gasteiger partial charge is 0.384 e. The highest BCUT2D eigenvalue weighted by molar-refractivity contribution is 5.82. The number of β-amino-alcohol motifs (C(OH)–C–C–N with tert-alkyl or cyclic N) is 1. The third-order valence-corrected chi connectivity index (χ3v) is 5.18. The first kappa shape index (κ1) is 18.8. The Morgan fingerprint density at radius 3 is 2.62 bits per heavy atom. The van der Waals surface area contributed by atoms with Crippen LogP contribution in [0.5, 0.6) is 0 Å². The Morgan fingerprint density at radius 1 is 1.38 bits per heavy atom. The van der Waals surface area contributed by atoms with E-state index in [2.05, 4.69) is 5.32 Å². The lowest BCUT2D eigenvalue weighted by atomic mass is 9.86. The summed E-state index contributed by atoms with van der Waals surface area (Å²) in [5, 5.41) is 13.4. The van der Waals surface area contributed by atoms with Gasteiger partial charge in [0.25, 0.3) is 5.91 Å². The molecule has 0 bridgehead atoms. The number of benzene rings is 1. The number of nitrogens with zero attached hydrogens (tertiary/aromatic N) is 1. The number of hydrogen-bond donors (Lipinski definition) is 2. The summed E-state index contributed by atoms with van der Waals surface area (Å²) < 4.78 is 18.4. The average molecular weight is 364 g/mol. The number of ether oxygens (including phenoxy) is 1. The molecule has 3 unspecified atom stereocenters. The number of aliphatic hydroxyl groups is 1. The fourth-order valence-corrected chi connectivity index (χ4v) is 3.42. The van der Waals surface area contributed by atoms with Gasteiger partial charge < -0.3 is 20.1 Å². The topological polar surface area (TPSA) is 78.9 Å². The second-order valence-corrected chi connectivity index (χ2v) is 7.55. The third-order valence-electron chi connectivity index (χ3n) is 5.18. The summed E-state index contributed by atoms with van der Waals surface area (Å²) in [7, 11) is 0. The molecule has 1 aromatic rings. The van der Waals surface area contributed by atoms with Crippen LogP contribution in [0.2, 0.25) is 0 Å². The number of nitrogens with one attached hydrogen (secondary N) is 1. The molecule has 0 saturated carbocycles. The maximum Gasteiger partial charge on any atom is 0.251 e. The van der Waals surface area contributed by atoms with Gasteiger partial charge in [-0.1, -0.05) is 19.1 Å². The Labute approximate surface area is 152 Å². The lowest BCUT2D eigenvalue weighted by molar-refractivity contribution is -0.169. The molecule has 0 spiro atoms. The van der Waals surface area contributed by atoms with Crippen molar-refractivity contribution in [3.8, 4) is 0 Å².